The first kappa shape index (κ1) is 22.5. The van der Waals surface area contributed by atoms with Gasteiger partial charge in [-0.15, -0.1) is 24.0 Å². The highest BCUT2D eigenvalue weighted by molar-refractivity contribution is 14.0. The highest BCUT2D eigenvalue weighted by atomic mass is 127. The summed E-state index contributed by atoms with van der Waals surface area (Å²) in [7, 11) is 1.84. The first-order chi connectivity index (χ1) is 12.7. The quantitative estimate of drug-likeness (QED) is 0.377. The lowest BCUT2D eigenvalue weighted by Crippen LogP contribution is -2.47. The Morgan fingerprint density at radius 1 is 1.37 bits per heavy atom. The van der Waals surface area contributed by atoms with Crippen molar-refractivity contribution in [3.63, 3.8) is 0 Å². The molecule has 2 atom stereocenters. The van der Waals surface area contributed by atoms with E-state index in [4.69, 9.17) is 21.1 Å². The molecule has 0 saturated carbocycles. The first-order valence-corrected chi connectivity index (χ1v) is 9.73. The van der Waals surface area contributed by atoms with Gasteiger partial charge in [0.05, 0.1) is 19.8 Å². The van der Waals surface area contributed by atoms with Gasteiger partial charge in [-0.25, -0.2) is 0 Å². The van der Waals surface area contributed by atoms with Gasteiger partial charge in [0.2, 0.25) is 0 Å². The molecular formula is C19H30ClIN4O2. The van der Waals surface area contributed by atoms with Gasteiger partial charge in [-0.05, 0) is 31.5 Å². The average molecular weight is 509 g/mol. The van der Waals surface area contributed by atoms with Crippen LogP contribution in [0.4, 0.5) is 0 Å². The van der Waals surface area contributed by atoms with E-state index in [9.17, 15) is 0 Å². The molecule has 152 valence electrons. The molecule has 2 aliphatic heterocycles. The number of nitrogens with one attached hydrogen (secondary N) is 1. The molecule has 3 rings (SSSR count). The maximum absolute atomic E-state index is 6.01. The minimum Gasteiger partial charge on any atom is -0.489 e. The zero-order valence-corrected chi connectivity index (χ0v) is 19.2. The van der Waals surface area contributed by atoms with E-state index in [0.717, 1.165) is 51.1 Å². The summed E-state index contributed by atoms with van der Waals surface area (Å²) in [5, 5.41) is 4.13. The molecular weight excluding hydrogens is 479 g/mol. The van der Waals surface area contributed by atoms with Gasteiger partial charge in [0.15, 0.2) is 5.96 Å². The number of likely N-dealkylation sites (tertiary alicyclic amines) is 1. The standard InChI is InChI=1S/C19H29ClN4O2.HI/c1-15(26-18-5-3-4-16(20)12-18)13-22-19(21-2)24-7-6-17(14-24)23-8-10-25-11-9-23;/h3-5,12,15,17H,6-11,13-14H2,1-2H3,(H,21,22);1H. The average Bonchev–Trinajstić information content (AvgIpc) is 3.13. The summed E-state index contributed by atoms with van der Waals surface area (Å²) in [6.45, 7) is 8.56. The number of morpholine rings is 1. The Labute approximate surface area is 184 Å². The molecule has 2 saturated heterocycles. The van der Waals surface area contributed by atoms with Crippen LogP contribution in [0.3, 0.4) is 0 Å². The van der Waals surface area contributed by atoms with Crippen molar-refractivity contribution in [1.29, 1.82) is 0 Å². The molecule has 2 unspecified atom stereocenters. The summed E-state index contributed by atoms with van der Waals surface area (Å²) in [6, 6.07) is 8.09. The molecule has 1 aromatic carbocycles. The number of benzene rings is 1. The third-order valence-corrected chi connectivity index (χ3v) is 5.15. The van der Waals surface area contributed by atoms with E-state index < -0.39 is 0 Å². The second-order valence-electron chi connectivity index (χ2n) is 6.85. The highest BCUT2D eigenvalue weighted by Gasteiger charge is 2.30. The minimum atomic E-state index is 0. The van der Waals surface area contributed by atoms with Crippen molar-refractivity contribution in [3.8, 4) is 5.75 Å². The monoisotopic (exact) mass is 508 g/mol. The number of hydrogen-bond acceptors (Lipinski definition) is 4. The highest BCUT2D eigenvalue weighted by Crippen LogP contribution is 2.19. The Bertz CT molecular complexity index is 613. The molecule has 1 aromatic rings. The fourth-order valence-electron chi connectivity index (χ4n) is 3.56. The fourth-order valence-corrected chi connectivity index (χ4v) is 3.74. The maximum Gasteiger partial charge on any atom is 0.193 e. The van der Waals surface area contributed by atoms with Gasteiger partial charge in [0.25, 0.3) is 0 Å². The normalized spacial score (nSPS) is 22.3. The van der Waals surface area contributed by atoms with Crippen molar-refractivity contribution in [3.05, 3.63) is 29.3 Å². The van der Waals surface area contributed by atoms with E-state index in [1.54, 1.807) is 0 Å². The van der Waals surface area contributed by atoms with Crippen molar-refractivity contribution < 1.29 is 9.47 Å². The van der Waals surface area contributed by atoms with Crippen molar-refractivity contribution in [2.45, 2.75) is 25.5 Å². The van der Waals surface area contributed by atoms with Crippen LogP contribution in [0.1, 0.15) is 13.3 Å². The lowest BCUT2D eigenvalue weighted by Gasteiger charge is -2.32. The van der Waals surface area contributed by atoms with Crippen molar-refractivity contribution in [2.24, 2.45) is 4.99 Å². The summed E-state index contributed by atoms with van der Waals surface area (Å²) < 4.78 is 11.4. The number of halogens is 2. The Kier molecular flexibility index (Phi) is 9.41. The van der Waals surface area contributed by atoms with Crippen molar-refractivity contribution >= 4 is 41.5 Å². The maximum atomic E-state index is 6.01. The molecule has 0 radical (unpaired) electrons. The predicted molar refractivity (Wildman–Crippen MR) is 121 cm³/mol. The molecule has 2 aliphatic rings. The van der Waals surface area contributed by atoms with Gasteiger partial charge in [-0.1, -0.05) is 17.7 Å². The second kappa shape index (κ2) is 11.3. The third-order valence-electron chi connectivity index (χ3n) is 4.92. The van der Waals surface area contributed by atoms with Crippen molar-refractivity contribution in [2.75, 3.05) is 53.0 Å². The summed E-state index contributed by atoms with van der Waals surface area (Å²) >= 11 is 6.01. The lowest BCUT2D eigenvalue weighted by atomic mass is 10.2. The SMILES string of the molecule is CN=C(NCC(C)Oc1cccc(Cl)c1)N1CCC(N2CCOCC2)C1.I. The van der Waals surface area contributed by atoms with Gasteiger partial charge in [0.1, 0.15) is 11.9 Å². The molecule has 0 spiro atoms. The number of aliphatic imine (C=N–C) groups is 1. The van der Waals surface area contributed by atoms with Gasteiger partial charge in [-0.2, -0.15) is 0 Å². The lowest BCUT2D eigenvalue weighted by molar-refractivity contribution is 0.0194. The molecule has 0 amide bonds. The molecule has 27 heavy (non-hydrogen) atoms. The van der Waals surface area contributed by atoms with E-state index >= 15 is 0 Å². The number of hydrogen-bond donors (Lipinski definition) is 1. The van der Waals surface area contributed by atoms with Crippen LogP contribution in [-0.4, -0.2) is 80.9 Å². The first-order valence-electron chi connectivity index (χ1n) is 9.35. The van der Waals surface area contributed by atoms with E-state index in [2.05, 4.69) is 20.1 Å². The van der Waals surface area contributed by atoms with E-state index in [0.29, 0.717) is 17.6 Å². The van der Waals surface area contributed by atoms with Crippen LogP contribution in [-0.2, 0) is 4.74 Å². The zero-order chi connectivity index (χ0) is 18.4. The van der Waals surface area contributed by atoms with E-state index in [1.807, 2.05) is 38.2 Å². The fraction of sp³-hybridized carbons (Fsp3) is 0.632. The van der Waals surface area contributed by atoms with Crippen LogP contribution < -0.4 is 10.1 Å². The molecule has 2 heterocycles. The van der Waals surface area contributed by atoms with Gasteiger partial charge in [0, 0.05) is 44.3 Å². The Balaban J connectivity index is 0.00000261. The predicted octanol–water partition coefficient (Wildman–Crippen LogP) is 2.71. The molecule has 8 heteroatoms. The smallest absolute Gasteiger partial charge is 0.193 e. The van der Waals surface area contributed by atoms with Crippen LogP contribution in [0.15, 0.2) is 29.3 Å². The van der Waals surface area contributed by atoms with Crippen LogP contribution in [0, 0.1) is 0 Å². The Morgan fingerprint density at radius 2 is 2.15 bits per heavy atom. The van der Waals surface area contributed by atoms with Gasteiger partial charge < -0.3 is 19.7 Å². The van der Waals surface area contributed by atoms with Crippen molar-refractivity contribution in [1.82, 2.24) is 15.1 Å². The largest absolute Gasteiger partial charge is 0.489 e. The number of guanidine groups is 1. The third kappa shape index (κ3) is 6.66. The molecule has 2 fully saturated rings. The molecule has 1 N–H and O–H groups in total. The number of ether oxygens (including phenoxy) is 2. The van der Waals surface area contributed by atoms with Gasteiger partial charge >= 0.3 is 0 Å². The molecule has 0 bridgehead atoms. The number of nitrogens with zero attached hydrogens (tertiary/aromatic N) is 3. The molecule has 0 aliphatic carbocycles. The van der Waals surface area contributed by atoms with Crippen LogP contribution >= 0.6 is 35.6 Å². The summed E-state index contributed by atoms with van der Waals surface area (Å²) in [4.78, 5) is 9.34. The second-order valence-corrected chi connectivity index (χ2v) is 7.29. The summed E-state index contributed by atoms with van der Waals surface area (Å²) in [5.74, 6) is 1.73. The Hall–Kier alpha value is -0.770. The van der Waals surface area contributed by atoms with E-state index in [-0.39, 0.29) is 30.1 Å². The molecule has 6 nitrogen and oxygen atoms in total. The van der Waals surface area contributed by atoms with Crippen LogP contribution in [0.2, 0.25) is 5.02 Å². The Morgan fingerprint density at radius 3 is 2.85 bits per heavy atom. The van der Waals surface area contributed by atoms with Gasteiger partial charge in [-0.3, -0.25) is 9.89 Å². The summed E-state index contributed by atoms with van der Waals surface area (Å²) in [6.07, 6.45) is 1.19. The zero-order valence-electron chi connectivity index (χ0n) is 16.1. The topological polar surface area (TPSA) is 49.3 Å². The summed E-state index contributed by atoms with van der Waals surface area (Å²) in [5.41, 5.74) is 0. The minimum absolute atomic E-state index is 0. The van der Waals surface area contributed by atoms with Crippen LogP contribution in [0.25, 0.3) is 0 Å². The van der Waals surface area contributed by atoms with E-state index in [1.165, 1.54) is 6.42 Å². The van der Waals surface area contributed by atoms with Crippen LogP contribution in [0.5, 0.6) is 5.75 Å². The molecule has 0 aromatic heterocycles. The number of rotatable bonds is 5.